The Bertz CT molecular complexity index is 544. The van der Waals surface area contributed by atoms with Crippen LogP contribution in [-0.2, 0) is 20.6 Å². The summed E-state index contributed by atoms with van der Waals surface area (Å²) < 4.78 is 4.62. The molecule has 5 nitrogen and oxygen atoms in total. The molecule has 5 heteroatoms. The molecule has 0 unspecified atom stereocenters. The third-order valence-corrected chi connectivity index (χ3v) is 3.22. The standard InChI is InChI=1S/C15H20N2O3/c1-14(2,16-10-18)11-7-6-8-12(9-11)15(3,4)17-13(19)20-5/h6-9H,1-5H3,(H,17,19). The number of aliphatic imine (C=N–C) groups is 1. The van der Waals surface area contributed by atoms with Crippen molar-refractivity contribution in [3.8, 4) is 0 Å². The quantitative estimate of drug-likeness (QED) is 0.679. The number of rotatable bonds is 4. The summed E-state index contributed by atoms with van der Waals surface area (Å²) in [6, 6.07) is 7.57. The van der Waals surface area contributed by atoms with Crippen molar-refractivity contribution in [3.63, 3.8) is 0 Å². The van der Waals surface area contributed by atoms with Gasteiger partial charge in [0, 0.05) is 0 Å². The second-order valence-corrected chi connectivity index (χ2v) is 5.58. The lowest BCUT2D eigenvalue weighted by Gasteiger charge is -2.28. The predicted octanol–water partition coefficient (Wildman–Crippen LogP) is 2.85. The van der Waals surface area contributed by atoms with Crippen LogP contribution in [0.5, 0.6) is 0 Å². The molecule has 0 aliphatic heterocycles. The maximum Gasteiger partial charge on any atom is 0.407 e. The average molecular weight is 276 g/mol. The monoisotopic (exact) mass is 276 g/mol. The first-order valence-corrected chi connectivity index (χ1v) is 6.29. The molecule has 0 spiro atoms. The Kier molecular flexibility index (Phi) is 4.69. The van der Waals surface area contributed by atoms with E-state index in [0.29, 0.717) is 0 Å². The molecule has 0 fully saturated rings. The number of amides is 1. The highest BCUT2D eigenvalue weighted by atomic mass is 16.5. The molecule has 0 heterocycles. The van der Waals surface area contributed by atoms with Crippen LogP contribution in [0.4, 0.5) is 4.79 Å². The molecule has 0 aromatic heterocycles. The van der Waals surface area contributed by atoms with Gasteiger partial charge in [-0.15, -0.1) is 0 Å². The highest BCUT2D eigenvalue weighted by Gasteiger charge is 2.26. The first-order chi connectivity index (χ1) is 9.23. The Labute approximate surface area is 119 Å². The first-order valence-electron chi connectivity index (χ1n) is 6.29. The van der Waals surface area contributed by atoms with Gasteiger partial charge in [0.25, 0.3) is 0 Å². The van der Waals surface area contributed by atoms with Gasteiger partial charge in [-0.25, -0.2) is 9.59 Å². The summed E-state index contributed by atoms with van der Waals surface area (Å²) in [6.07, 6.45) is 1.10. The molecule has 0 aliphatic carbocycles. The van der Waals surface area contributed by atoms with Crippen molar-refractivity contribution in [3.05, 3.63) is 35.4 Å². The van der Waals surface area contributed by atoms with Gasteiger partial charge in [-0.05, 0) is 38.8 Å². The van der Waals surface area contributed by atoms with E-state index in [0.717, 1.165) is 11.1 Å². The number of nitrogens with one attached hydrogen (secondary N) is 1. The summed E-state index contributed by atoms with van der Waals surface area (Å²) in [4.78, 5) is 25.7. The van der Waals surface area contributed by atoms with Crippen LogP contribution in [-0.4, -0.2) is 19.3 Å². The Morgan fingerprint density at radius 2 is 1.85 bits per heavy atom. The van der Waals surface area contributed by atoms with Gasteiger partial charge in [0.2, 0.25) is 6.08 Å². The number of carbonyl (C=O) groups is 1. The summed E-state index contributed by atoms with van der Waals surface area (Å²) in [5.74, 6) is 0. The number of hydrogen-bond acceptors (Lipinski definition) is 4. The maximum absolute atomic E-state index is 11.4. The fraction of sp³-hybridized carbons (Fsp3) is 0.467. The summed E-state index contributed by atoms with van der Waals surface area (Å²) in [5, 5.41) is 2.76. The number of methoxy groups -OCH3 is 1. The third-order valence-electron chi connectivity index (χ3n) is 3.22. The topological polar surface area (TPSA) is 67.8 Å². The number of hydrogen-bond donors (Lipinski definition) is 1. The van der Waals surface area contributed by atoms with Gasteiger partial charge in [-0.1, -0.05) is 24.3 Å². The number of nitrogens with zero attached hydrogens (tertiary/aromatic N) is 1. The van der Waals surface area contributed by atoms with Crippen LogP contribution < -0.4 is 5.32 Å². The minimum atomic E-state index is -0.654. The largest absolute Gasteiger partial charge is 0.453 e. The number of carbonyl (C=O) groups excluding carboxylic acids is 2. The molecule has 0 saturated heterocycles. The molecule has 108 valence electrons. The van der Waals surface area contributed by atoms with E-state index in [-0.39, 0.29) is 0 Å². The van der Waals surface area contributed by atoms with Gasteiger partial charge >= 0.3 is 6.09 Å². The molecule has 0 bridgehead atoms. The number of benzene rings is 1. The van der Waals surface area contributed by atoms with Crippen molar-refractivity contribution in [2.45, 2.75) is 38.8 Å². The smallest absolute Gasteiger partial charge is 0.407 e. The highest BCUT2D eigenvalue weighted by molar-refractivity contribution is 5.68. The Balaban J connectivity index is 3.16. The fourth-order valence-electron chi connectivity index (χ4n) is 1.85. The Morgan fingerprint density at radius 1 is 1.25 bits per heavy atom. The first kappa shape index (κ1) is 15.9. The molecule has 1 aromatic rings. The zero-order chi connectivity index (χ0) is 15.4. The lowest BCUT2D eigenvalue weighted by Crippen LogP contribution is -2.41. The third kappa shape index (κ3) is 3.68. The molecule has 20 heavy (non-hydrogen) atoms. The zero-order valence-electron chi connectivity index (χ0n) is 12.5. The van der Waals surface area contributed by atoms with Crippen LogP contribution in [0.2, 0.25) is 0 Å². The van der Waals surface area contributed by atoms with Crippen molar-refractivity contribution >= 4 is 12.2 Å². The van der Waals surface area contributed by atoms with Crippen molar-refractivity contribution in [2.75, 3.05) is 7.11 Å². The van der Waals surface area contributed by atoms with Crippen LogP contribution >= 0.6 is 0 Å². The summed E-state index contributed by atoms with van der Waals surface area (Å²) in [7, 11) is 1.32. The lowest BCUT2D eigenvalue weighted by atomic mass is 9.88. The molecule has 0 saturated carbocycles. The maximum atomic E-state index is 11.4. The molecule has 1 rings (SSSR count). The van der Waals surface area contributed by atoms with E-state index in [1.165, 1.54) is 7.11 Å². The van der Waals surface area contributed by atoms with Crippen molar-refractivity contribution in [1.82, 2.24) is 5.32 Å². The van der Waals surface area contributed by atoms with Crippen molar-refractivity contribution in [1.29, 1.82) is 0 Å². The van der Waals surface area contributed by atoms with E-state index < -0.39 is 17.2 Å². The SMILES string of the molecule is COC(=O)NC(C)(C)c1cccc(C(C)(C)N=C=O)c1. The van der Waals surface area contributed by atoms with E-state index in [2.05, 4.69) is 15.0 Å². The number of isocyanates is 1. The second-order valence-electron chi connectivity index (χ2n) is 5.58. The average Bonchev–Trinajstić information content (AvgIpc) is 2.38. The molecule has 0 aliphatic rings. The summed E-state index contributed by atoms with van der Waals surface area (Å²) in [6.45, 7) is 7.41. The summed E-state index contributed by atoms with van der Waals surface area (Å²) >= 11 is 0. The van der Waals surface area contributed by atoms with E-state index in [1.54, 1.807) is 6.08 Å². The Morgan fingerprint density at radius 3 is 2.40 bits per heavy atom. The van der Waals surface area contributed by atoms with E-state index in [1.807, 2.05) is 52.0 Å². The van der Waals surface area contributed by atoms with E-state index in [9.17, 15) is 9.59 Å². The van der Waals surface area contributed by atoms with Gasteiger partial charge in [0.05, 0.1) is 18.2 Å². The second kappa shape index (κ2) is 5.88. The summed E-state index contributed by atoms with van der Waals surface area (Å²) in [5.41, 5.74) is 0.524. The molecule has 0 radical (unpaired) electrons. The van der Waals surface area contributed by atoms with Crippen LogP contribution in [0.1, 0.15) is 38.8 Å². The van der Waals surface area contributed by atoms with Crippen molar-refractivity contribution in [2.24, 2.45) is 4.99 Å². The number of alkyl carbamates (subject to hydrolysis) is 1. The molecule has 0 atom stereocenters. The van der Waals surface area contributed by atoms with Gasteiger partial charge in [0.15, 0.2) is 0 Å². The minimum absolute atomic E-state index is 0.495. The number of ether oxygens (including phenoxy) is 1. The van der Waals surface area contributed by atoms with Crippen molar-refractivity contribution < 1.29 is 14.3 Å². The van der Waals surface area contributed by atoms with Gasteiger partial charge in [0.1, 0.15) is 0 Å². The fourth-order valence-corrected chi connectivity index (χ4v) is 1.85. The van der Waals surface area contributed by atoms with Crippen LogP contribution in [0.15, 0.2) is 29.3 Å². The van der Waals surface area contributed by atoms with Crippen LogP contribution in [0.25, 0.3) is 0 Å². The normalized spacial score (nSPS) is 11.4. The highest BCUT2D eigenvalue weighted by Crippen LogP contribution is 2.28. The van der Waals surface area contributed by atoms with E-state index >= 15 is 0 Å². The van der Waals surface area contributed by atoms with Gasteiger partial charge in [-0.3, -0.25) is 0 Å². The van der Waals surface area contributed by atoms with Gasteiger partial charge in [-0.2, -0.15) is 4.99 Å². The predicted molar refractivity (Wildman–Crippen MR) is 76.2 cm³/mol. The zero-order valence-corrected chi connectivity index (χ0v) is 12.5. The lowest BCUT2D eigenvalue weighted by molar-refractivity contribution is 0.159. The molecular weight excluding hydrogens is 256 g/mol. The minimum Gasteiger partial charge on any atom is -0.453 e. The molecular formula is C15H20N2O3. The van der Waals surface area contributed by atoms with Crippen LogP contribution in [0, 0.1) is 0 Å². The Hall–Kier alpha value is -2.13. The molecule has 1 amide bonds. The van der Waals surface area contributed by atoms with Crippen LogP contribution in [0.3, 0.4) is 0 Å². The van der Waals surface area contributed by atoms with Gasteiger partial charge < -0.3 is 10.1 Å². The molecule has 1 aromatic carbocycles. The molecule has 1 N–H and O–H groups in total. The van der Waals surface area contributed by atoms with E-state index in [4.69, 9.17) is 0 Å².